The molecule has 1 aromatic rings. The van der Waals surface area contributed by atoms with Crippen LogP contribution in [0.2, 0.25) is 0 Å². The number of amides is 1. The molecular weight excluding hydrogens is 238 g/mol. The zero-order valence-electron chi connectivity index (χ0n) is 12.8. The molecule has 0 unspecified atom stereocenters. The summed E-state index contributed by atoms with van der Waals surface area (Å²) in [5.74, 6) is 0.892. The lowest BCUT2D eigenvalue weighted by atomic mass is 9.95. The average molecular weight is 263 g/mol. The van der Waals surface area contributed by atoms with Crippen molar-refractivity contribution in [3.05, 3.63) is 29.3 Å². The van der Waals surface area contributed by atoms with Crippen LogP contribution in [0.25, 0.3) is 0 Å². The summed E-state index contributed by atoms with van der Waals surface area (Å²) < 4.78 is 5.70. The second-order valence-electron chi connectivity index (χ2n) is 6.18. The average Bonchev–Trinajstić information content (AvgIpc) is 2.29. The molecule has 0 fully saturated rings. The number of benzene rings is 1. The molecule has 1 atom stereocenters. The van der Waals surface area contributed by atoms with Crippen LogP contribution in [0.15, 0.2) is 18.2 Å². The summed E-state index contributed by atoms with van der Waals surface area (Å²) in [5.41, 5.74) is 2.10. The number of aryl methyl sites for hydroxylation is 2. The molecule has 1 amide bonds. The second-order valence-corrected chi connectivity index (χ2v) is 6.18. The number of rotatable bonds is 4. The summed E-state index contributed by atoms with van der Waals surface area (Å²) in [6.45, 7) is 12.3. The highest BCUT2D eigenvalue weighted by atomic mass is 16.5. The van der Waals surface area contributed by atoms with Gasteiger partial charge in [-0.05, 0) is 44.0 Å². The Morgan fingerprint density at radius 3 is 2.42 bits per heavy atom. The van der Waals surface area contributed by atoms with E-state index in [1.54, 1.807) is 0 Å². The molecule has 1 N–H and O–H groups in total. The summed E-state index contributed by atoms with van der Waals surface area (Å²) in [6.07, 6.45) is 0. The molecule has 0 aromatic heterocycles. The Balaban J connectivity index is 2.48. The number of carbonyl (C=O) groups excluding carboxylic acids is 1. The predicted octanol–water partition coefficient (Wildman–Crippen LogP) is 3.23. The van der Waals surface area contributed by atoms with Crippen molar-refractivity contribution in [2.24, 2.45) is 5.41 Å². The first kappa shape index (κ1) is 15.5. The van der Waals surface area contributed by atoms with Crippen LogP contribution in [0.4, 0.5) is 0 Å². The highest BCUT2D eigenvalue weighted by molar-refractivity contribution is 5.81. The van der Waals surface area contributed by atoms with Crippen molar-refractivity contribution in [3.8, 4) is 5.75 Å². The van der Waals surface area contributed by atoms with Gasteiger partial charge in [0.1, 0.15) is 12.4 Å². The molecule has 3 nitrogen and oxygen atoms in total. The minimum atomic E-state index is -0.366. The SMILES string of the molecule is Cc1ccc(OC[C@@H](C)NC(=O)C(C)(C)C)cc1C. The fraction of sp³-hybridized carbons (Fsp3) is 0.562. The molecular formula is C16H25NO2. The maximum atomic E-state index is 11.8. The van der Waals surface area contributed by atoms with E-state index >= 15 is 0 Å². The maximum absolute atomic E-state index is 11.8. The maximum Gasteiger partial charge on any atom is 0.225 e. The van der Waals surface area contributed by atoms with Crippen LogP contribution in [-0.2, 0) is 4.79 Å². The van der Waals surface area contributed by atoms with E-state index in [4.69, 9.17) is 4.74 Å². The molecule has 0 radical (unpaired) electrons. The fourth-order valence-corrected chi connectivity index (χ4v) is 1.51. The zero-order chi connectivity index (χ0) is 14.6. The zero-order valence-corrected chi connectivity index (χ0v) is 12.8. The van der Waals surface area contributed by atoms with Gasteiger partial charge in [-0.2, -0.15) is 0 Å². The summed E-state index contributed by atoms with van der Waals surface area (Å²) in [6, 6.07) is 6.02. The molecule has 1 aromatic carbocycles. The molecule has 0 aliphatic heterocycles. The van der Waals surface area contributed by atoms with E-state index < -0.39 is 0 Å². The van der Waals surface area contributed by atoms with Gasteiger partial charge < -0.3 is 10.1 Å². The molecule has 0 aliphatic rings. The molecule has 0 spiro atoms. The first-order valence-electron chi connectivity index (χ1n) is 6.71. The van der Waals surface area contributed by atoms with E-state index in [1.807, 2.05) is 45.9 Å². The number of nitrogens with one attached hydrogen (secondary N) is 1. The molecule has 0 bridgehead atoms. The van der Waals surface area contributed by atoms with E-state index in [1.165, 1.54) is 11.1 Å². The third kappa shape index (κ3) is 4.93. The van der Waals surface area contributed by atoms with Gasteiger partial charge in [0, 0.05) is 5.41 Å². The van der Waals surface area contributed by atoms with Gasteiger partial charge in [-0.15, -0.1) is 0 Å². The van der Waals surface area contributed by atoms with Crippen LogP contribution in [0.5, 0.6) is 5.75 Å². The lowest BCUT2D eigenvalue weighted by molar-refractivity contribution is -0.129. The first-order chi connectivity index (χ1) is 8.70. The van der Waals surface area contributed by atoms with Gasteiger partial charge in [0.15, 0.2) is 0 Å². The van der Waals surface area contributed by atoms with Crippen molar-refractivity contribution in [3.63, 3.8) is 0 Å². The van der Waals surface area contributed by atoms with Gasteiger partial charge in [0.2, 0.25) is 5.91 Å². The largest absolute Gasteiger partial charge is 0.491 e. The molecule has 0 saturated carbocycles. The number of ether oxygens (including phenoxy) is 1. The molecule has 106 valence electrons. The smallest absolute Gasteiger partial charge is 0.225 e. The second kappa shape index (κ2) is 6.09. The van der Waals surface area contributed by atoms with Crippen molar-refractivity contribution in [2.45, 2.75) is 47.6 Å². The van der Waals surface area contributed by atoms with Crippen LogP contribution in [0.3, 0.4) is 0 Å². The molecule has 0 aliphatic carbocycles. The third-order valence-electron chi connectivity index (χ3n) is 3.04. The predicted molar refractivity (Wildman–Crippen MR) is 78.5 cm³/mol. The number of carbonyl (C=O) groups is 1. The Hall–Kier alpha value is -1.51. The Morgan fingerprint density at radius 2 is 1.89 bits per heavy atom. The van der Waals surface area contributed by atoms with E-state index in [9.17, 15) is 4.79 Å². The summed E-state index contributed by atoms with van der Waals surface area (Å²) in [4.78, 5) is 11.8. The van der Waals surface area contributed by atoms with Crippen LogP contribution in [0.1, 0.15) is 38.8 Å². The van der Waals surface area contributed by atoms with Crippen LogP contribution >= 0.6 is 0 Å². The van der Waals surface area contributed by atoms with Gasteiger partial charge in [-0.1, -0.05) is 26.8 Å². The highest BCUT2D eigenvalue weighted by Gasteiger charge is 2.22. The standard InChI is InChI=1S/C16H25NO2/c1-11-7-8-14(9-12(11)2)19-10-13(3)17-15(18)16(4,5)6/h7-9,13H,10H2,1-6H3,(H,17,18)/t13-/m1/s1. The Morgan fingerprint density at radius 1 is 1.26 bits per heavy atom. The normalized spacial score (nSPS) is 12.9. The Labute approximate surface area is 116 Å². The molecule has 0 saturated heterocycles. The van der Waals surface area contributed by atoms with Crippen molar-refractivity contribution >= 4 is 5.91 Å². The minimum Gasteiger partial charge on any atom is -0.491 e. The lowest BCUT2D eigenvalue weighted by Gasteiger charge is -2.22. The van der Waals surface area contributed by atoms with Gasteiger partial charge >= 0.3 is 0 Å². The summed E-state index contributed by atoms with van der Waals surface area (Å²) >= 11 is 0. The van der Waals surface area contributed by atoms with Crippen molar-refractivity contribution in [1.29, 1.82) is 0 Å². The molecule has 3 heteroatoms. The highest BCUT2D eigenvalue weighted by Crippen LogP contribution is 2.17. The van der Waals surface area contributed by atoms with Crippen molar-refractivity contribution in [1.82, 2.24) is 5.32 Å². The fourth-order valence-electron chi connectivity index (χ4n) is 1.51. The number of hydrogen-bond donors (Lipinski definition) is 1. The topological polar surface area (TPSA) is 38.3 Å². The molecule has 0 heterocycles. The van der Waals surface area contributed by atoms with Crippen molar-refractivity contribution < 1.29 is 9.53 Å². The monoisotopic (exact) mass is 263 g/mol. The van der Waals surface area contributed by atoms with Gasteiger partial charge in [-0.25, -0.2) is 0 Å². The van der Waals surface area contributed by atoms with Crippen LogP contribution in [0, 0.1) is 19.3 Å². The lowest BCUT2D eigenvalue weighted by Crippen LogP contribution is -2.42. The van der Waals surface area contributed by atoms with Crippen molar-refractivity contribution in [2.75, 3.05) is 6.61 Å². The van der Waals surface area contributed by atoms with Gasteiger partial charge in [-0.3, -0.25) is 4.79 Å². The molecule has 1 rings (SSSR count). The summed E-state index contributed by atoms with van der Waals surface area (Å²) in [5, 5.41) is 2.95. The first-order valence-corrected chi connectivity index (χ1v) is 6.71. The number of hydrogen-bond acceptors (Lipinski definition) is 2. The third-order valence-corrected chi connectivity index (χ3v) is 3.04. The van der Waals surface area contributed by atoms with Crippen LogP contribution < -0.4 is 10.1 Å². The van der Waals surface area contributed by atoms with E-state index in [0.29, 0.717) is 6.61 Å². The Kier molecular flexibility index (Phi) is 4.98. The Bertz CT molecular complexity index is 447. The van der Waals surface area contributed by atoms with Crippen LogP contribution in [-0.4, -0.2) is 18.6 Å². The van der Waals surface area contributed by atoms with E-state index in [-0.39, 0.29) is 17.4 Å². The molecule has 19 heavy (non-hydrogen) atoms. The minimum absolute atomic E-state index is 0.00617. The summed E-state index contributed by atoms with van der Waals surface area (Å²) in [7, 11) is 0. The van der Waals surface area contributed by atoms with Gasteiger partial charge in [0.05, 0.1) is 6.04 Å². The van der Waals surface area contributed by atoms with Gasteiger partial charge in [0.25, 0.3) is 0 Å². The quantitative estimate of drug-likeness (QED) is 0.905. The van der Waals surface area contributed by atoms with E-state index in [0.717, 1.165) is 5.75 Å². The van der Waals surface area contributed by atoms with E-state index in [2.05, 4.69) is 19.2 Å².